The summed E-state index contributed by atoms with van der Waals surface area (Å²) in [6, 6.07) is 2.94. The van der Waals surface area contributed by atoms with Crippen LogP contribution in [0.5, 0.6) is 0 Å². The summed E-state index contributed by atoms with van der Waals surface area (Å²) in [5, 5.41) is 29.2. The number of carbonyl (C=O) groups excluding carboxylic acids is 3. The quantitative estimate of drug-likeness (QED) is 0.148. The monoisotopic (exact) mass is 537 g/mol. The number of amides is 3. The molecule has 1 saturated carbocycles. The number of nitrogens with two attached hydrogens (primary N) is 2. The molecule has 1 aromatic rings. The predicted molar refractivity (Wildman–Crippen MR) is 137 cm³/mol. The van der Waals surface area contributed by atoms with Crippen molar-refractivity contribution in [3.8, 4) is 0 Å². The molecule has 0 radical (unpaired) electrons. The Hall–Kier alpha value is -3.71. The van der Waals surface area contributed by atoms with Gasteiger partial charge in [0.1, 0.15) is 12.1 Å². The summed E-state index contributed by atoms with van der Waals surface area (Å²) >= 11 is 0. The van der Waals surface area contributed by atoms with Crippen molar-refractivity contribution in [3.63, 3.8) is 0 Å². The highest BCUT2D eigenvalue weighted by Crippen LogP contribution is 2.53. The van der Waals surface area contributed by atoms with Gasteiger partial charge in [0.05, 0.1) is 13.1 Å². The highest BCUT2D eigenvalue weighted by atomic mass is 16.5. The van der Waals surface area contributed by atoms with Gasteiger partial charge in [-0.3, -0.25) is 34.9 Å². The van der Waals surface area contributed by atoms with Gasteiger partial charge in [-0.15, -0.1) is 0 Å². The number of aliphatic hydroxyl groups is 2. The van der Waals surface area contributed by atoms with Crippen molar-refractivity contribution in [2.75, 3.05) is 13.1 Å². The first-order valence-corrected chi connectivity index (χ1v) is 13.6. The first-order valence-electron chi connectivity index (χ1n) is 13.6. The van der Waals surface area contributed by atoms with E-state index in [2.05, 4.69) is 26.7 Å². The van der Waals surface area contributed by atoms with Crippen molar-refractivity contribution in [1.82, 2.24) is 20.4 Å². The van der Waals surface area contributed by atoms with Crippen molar-refractivity contribution in [1.29, 1.82) is 0 Å². The molecule has 9 N–H and O–H groups in total. The number of nitrogens with zero attached hydrogens (tertiary/aromatic N) is 3. The number of imide groups is 1. The Morgan fingerprint density at radius 2 is 1.90 bits per heavy atom. The fourth-order valence-corrected chi connectivity index (χ4v) is 7.76. The zero-order chi connectivity index (χ0) is 27.3. The number of nitrogens with one attached hydrogen (secondary N) is 3. The third-order valence-corrected chi connectivity index (χ3v) is 9.87. The van der Waals surface area contributed by atoms with E-state index in [-0.39, 0.29) is 55.1 Å². The molecular formula is C26H33N8O5+. The normalized spacial score (nSPS) is 33.2. The highest BCUT2D eigenvalue weighted by Gasteiger charge is 2.76. The molecular weight excluding hydrogens is 504 g/mol. The maximum Gasteiger partial charge on any atom is 0.343 e. The molecule has 2 aliphatic carbocycles. The molecule has 13 nitrogen and oxygen atoms in total. The molecule has 2 spiro atoms. The van der Waals surface area contributed by atoms with Gasteiger partial charge < -0.3 is 21.3 Å². The van der Waals surface area contributed by atoms with E-state index < -0.39 is 35.5 Å². The Morgan fingerprint density at radius 3 is 2.59 bits per heavy atom. The van der Waals surface area contributed by atoms with E-state index in [9.17, 15) is 24.6 Å². The highest BCUT2D eigenvalue weighted by molar-refractivity contribution is 6.02. The molecule has 4 atom stereocenters. The fraction of sp³-hybridized carbons (Fsp3) is 0.577. The number of aliphatic imine (C=N–C) groups is 1. The Morgan fingerprint density at radius 1 is 1.15 bits per heavy atom. The summed E-state index contributed by atoms with van der Waals surface area (Å²) in [7, 11) is 0. The number of likely N-dealkylation sites (tertiary alicyclic amines) is 1. The number of hydrogen-bond acceptors (Lipinski definition) is 10. The molecule has 4 aliphatic heterocycles. The minimum Gasteiger partial charge on any atom is -0.370 e. The number of benzene rings is 1. The fourth-order valence-electron chi connectivity index (χ4n) is 7.76. The molecule has 3 fully saturated rings. The summed E-state index contributed by atoms with van der Waals surface area (Å²) in [4.78, 5) is 48.3. The average molecular weight is 538 g/mol. The standard InChI is InChI=1S/C26H32N8O5/c27-22-31-20-16(11-33-18(35)5-6-19(33)36)29-23(28)34-12-17(26(38,39)25(20,34)32-22)30-21(37)14-3-1-4-15-13(14)7-10-24(15)8-2-9-24/h1,3-4,16-17,20,38-39H,2,5-12H2,(H2,28,29)(H,30,37)(H3,27,31,32)/p+1/t16-,17?,20-,25?/m0/s1. The Labute approximate surface area is 224 Å². The summed E-state index contributed by atoms with van der Waals surface area (Å²) in [6.07, 6.45) is 5.54. The Kier molecular flexibility index (Phi) is 4.94. The lowest BCUT2D eigenvalue weighted by atomic mass is 9.65. The van der Waals surface area contributed by atoms with Crippen LogP contribution in [0.15, 0.2) is 23.2 Å². The van der Waals surface area contributed by atoms with Crippen LogP contribution in [0.4, 0.5) is 0 Å². The van der Waals surface area contributed by atoms with Gasteiger partial charge in [-0.1, -0.05) is 18.6 Å². The van der Waals surface area contributed by atoms with Gasteiger partial charge in [0, 0.05) is 18.4 Å². The van der Waals surface area contributed by atoms with E-state index in [1.54, 1.807) is 6.07 Å². The molecule has 0 bridgehead atoms. The largest absolute Gasteiger partial charge is 0.370 e. The molecule has 2 saturated heterocycles. The lowest BCUT2D eigenvalue weighted by molar-refractivity contribution is -0.521. The van der Waals surface area contributed by atoms with Gasteiger partial charge in [0.15, 0.2) is 12.0 Å². The number of carbonyl (C=O) groups is 3. The maximum atomic E-state index is 13.6. The van der Waals surface area contributed by atoms with Crippen LogP contribution in [-0.2, 0) is 21.4 Å². The molecule has 13 heteroatoms. The lowest BCUT2D eigenvalue weighted by Gasteiger charge is -2.46. The minimum atomic E-state index is -2.56. The van der Waals surface area contributed by atoms with Crippen LogP contribution in [0.1, 0.15) is 60.0 Å². The first kappa shape index (κ1) is 24.3. The molecule has 39 heavy (non-hydrogen) atoms. The van der Waals surface area contributed by atoms with E-state index in [0.717, 1.165) is 36.1 Å². The summed E-state index contributed by atoms with van der Waals surface area (Å²) in [5.41, 5.74) is 13.7. The van der Waals surface area contributed by atoms with Crippen molar-refractivity contribution in [3.05, 3.63) is 34.9 Å². The second-order valence-electron chi connectivity index (χ2n) is 11.7. The number of rotatable bonds is 4. The predicted octanol–water partition coefficient (Wildman–Crippen LogP) is -3.94. The number of hydrogen-bond donors (Lipinski definition) is 7. The summed E-state index contributed by atoms with van der Waals surface area (Å²) < 4.78 is 0. The Balaban J connectivity index is 1.19. The van der Waals surface area contributed by atoms with Crippen LogP contribution in [0, 0.1) is 0 Å². The molecule has 0 aromatic heterocycles. The van der Waals surface area contributed by atoms with Crippen molar-refractivity contribution in [2.24, 2.45) is 16.5 Å². The van der Waals surface area contributed by atoms with Crippen molar-refractivity contribution < 1.29 is 29.6 Å². The van der Waals surface area contributed by atoms with Crippen molar-refractivity contribution in [2.45, 2.75) is 79.9 Å². The second kappa shape index (κ2) is 7.92. The van der Waals surface area contributed by atoms with Crippen LogP contribution in [0.2, 0.25) is 0 Å². The van der Waals surface area contributed by atoms with E-state index in [0.29, 0.717) is 5.56 Å². The van der Waals surface area contributed by atoms with Crippen LogP contribution in [-0.4, -0.2) is 92.3 Å². The third-order valence-electron chi connectivity index (χ3n) is 9.87. The van der Waals surface area contributed by atoms with Crippen LogP contribution < -0.4 is 27.1 Å². The zero-order valence-corrected chi connectivity index (χ0v) is 21.4. The van der Waals surface area contributed by atoms with Gasteiger partial charge in [0.2, 0.25) is 17.6 Å². The topological polar surface area (TPSA) is 201 Å². The molecule has 4 heterocycles. The number of fused-ring (bicyclic) bond motifs is 2. The Bertz CT molecular complexity index is 1350. The van der Waals surface area contributed by atoms with E-state index in [4.69, 9.17) is 11.5 Å². The smallest absolute Gasteiger partial charge is 0.343 e. The molecule has 7 rings (SSSR count). The van der Waals surface area contributed by atoms with Gasteiger partial charge >= 0.3 is 5.96 Å². The van der Waals surface area contributed by atoms with Crippen LogP contribution in [0.25, 0.3) is 0 Å². The summed E-state index contributed by atoms with van der Waals surface area (Å²) in [5.74, 6) is -3.55. The molecule has 3 amide bonds. The maximum absolute atomic E-state index is 13.6. The van der Waals surface area contributed by atoms with E-state index in [1.807, 2.05) is 6.07 Å². The number of guanidine groups is 2. The summed E-state index contributed by atoms with van der Waals surface area (Å²) in [6.45, 7) is -0.147. The zero-order valence-electron chi connectivity index (χ0n) is 21.4. The van der Waals surface area contributed by atoms with Gasteiger partial charge in [-0.2, -0.15) is 0 Å². The first-order chi connectivity index (χ1) is 18.6. The third kappa shape index (κ3) is 3.11. The van der Waals surface area contributed by atoms with Crippen LogP contribution in [0.3, 0.4) is 0 Å². The lowest BCUT2D eigenvalue weighted by Crippen LogP contribution is -2.90. The molecule has 206 valence electrons. The van der Waals surface area contributed by atoms with Gasteiger partial charge in [0.25, 0.3) is 11.6 Å². The minimum absolute atomic E-state index is 0.0175. The van der Waals surface area contributed by atoms with Gasteiger partial charge in [-0.05, 0) is 48.3 Å². The molecule has 2 unspecified atom stereocenters. The second-order valence-corrected chi connectivity index (χ2v) is 11.7. The average Bonchev–Trinajstić information content (AvgIpc) is 3.58. The van der Waals surface area contributed by atoms with Crippen LogP contribution >= 0.6 is 0 Å². The van der Waals surface area contributed by atoms with E-state index >= 15 is 0 Å². The van der Waals surface area contributed by atoms with E-state index in [1.165, 1.54) is 16.9 Å². The molecule has 6 aliphatic rings. The SMILES string of the molecule is NC1=N[C@@H](CN2C(=O)CCC2=O)[C@@H]2[NH+]=C(N)NC23N1CC(NC(=O)c1cccc2c1CCC21CCC1)C3(O)O. The van der Waals surface area contributed by atoms with Gasteiger partial charge in [-0.25, -0.2) is 10.3 Å². The molecule has 1 aromatic carbocycles. The van der Waals surface area contributed by atoms with Crippen molar-refractivity contribution >= 4 is 29.6 Å².